The van der Waals surface area contributed by atoms with Gasteiger partial charge in [0, 0.05) is 0 Å². The summed E-state index contributed by atoms with van der Waals surface area (Å²) in [6.45, 7) is 0. The molecule has 18 heavy (non-hydrogen) atoms. The maximum Gasteiger partial charge on any atom is 0.142 e. The number of benzene rings is 1. The number of hydrogen-bond donors (Lipinski definition) is 2. The minimum absolute atomic E-state index is 0.0687. The second kappa shape index (κ2) is 5.11. The van der Waals surface area contributed by atoms with Crippen LogP contribution in [-0.2, 0) is 0 Å². The van der Waals surface area contributed by atoms with Gasteiger partial charge in [0.1, 0.15) is 12.0 Å². The standard InChI is InChI=1S/C13H16ClF2NO/c14-11-9(2-1-3-10(11)16)12(17)13(18)6-4-8(15)5-7-13/h1-3,8,12,18H,4-7,17H2/t8-,12?,13-. The van der Waals surface area contributed by atoms with E-state index in [-0.39, 0.29) is 30.7 Å². The van der Waals surface area contributed by atoms with Gasteiger partial charge in [-0.1, -0.05) is 23.7 Å². The lowest BCUT2D eigenvalue weighted by molar-refractivity contribution is -0.0364. The maximum atomic E-state index is 13.4. The van der Waals surface area contributed by atoms with Gasteiger partial charge in [-0.25, -0.2) is 8.78 Å². The zero-order valence-corrected chi connectivity index (χ0v) is 10.6. The molecule has 0 radical (unpaired) electrons. The Bertz CT molecular complexity index is 433. The molecule has 100 valence electrons. The third-order valence-electron chi connectivity index (χ3n) is 3.68. The quantitative estimate of drug-likeness (QED) is 0.871. The van der Waals surface area contributed by atoms with E-state index in [1.54, 1.807) is 6.07 Å². The fraction of sp³-hybridized carbons (Fsp3) is 0.538. The lowest BCUT2D eigenvalue weighted by Gasteiger charge is -2.38. The van der Waals surface area contributed by atoms with Gasteiger partial charge >= 0.3 is 0 Å². The first-order chi connectivity index (χ1) is 8.44. The van der Waals surface area contributed by atoms with E-state index in [4.69, 9.17) is 17.3 Å². The third kappa shape index (κ3) is 2.51. The Morgan fingerprint density at radius 1 is 1.39 bits per heavy atom. The zero-order chi connectivity index (χ0) is 13.3. The lowest BCUT2D eigenvalue weighted by Crippen LogP contribution is -2.44. The number of aliphatic hydroxyl groups is 1. The van der Waals surface area contributed by atoms with E-state index in [0.29, 0.717) is 5.56 Å². The molecule has 3 N–H and O–H groups in total. The lowest BCUT2D eigenvalue weighted by atomic mass is 9.76. The normalized spacial score (nSPS) is 30.2. The molecule has 1 unspecified atom stereocenters. The largest absolute Gasteiger partial charge is 0.388 e. The molecule has 0 aliphatic heterocycles. The van der Waals surface area contributed by atoms with Crippen molar-refractivity contribution < 1.29 is 13.9 Å². The minimum Gasteiger partial charge on any atom is -0.388 e. The summed E-state index contributed by atoms with van der Waals surface area (Å²) in [5.74, 6) is -0.563. The molecule has 0 saturated heterocycles. The van der Waals surface area contributed by atoms with Gasteiger partial charge in [0.25, 0.3) is 0 Å². The van der Waals surface area contributed by atoms with Crippen molar-refractivity contribution in [1.29, 1.82) is 0 Å². The highest BCUT2D eigenvalue weighted by Crippen LogP contribution is 2.40. The Hall–Kier alpha value is -0.710. The number of rotatable bonds is 2. The van der Waals surface area contributed by atoms with E-state index in [1.165, 1.54) is 12.1 Å². The second-order valence-corrected chi connectivity index (χ2v) is 5.28. The van der Waals surface area contributed by atoms with Crippen molar-refractivity contribution in [2.45, 2.75) is 43.5 Å². The van der Waals surface area contributed by atoms with E-state index in [0.717, 1.165) is 0 Å². The Morgan fingerprint density at radius 3 is 2.61 bits per heavy atom. The van der Waals surface area contributed by atoms with Gasteiger partial charge < -0.3 is 10.8 Å². The van der Waals surface area contributed by atoms with Crippen LogP contribution in [0.2, 0.25) is 5.02 Å². The van der Waals surface area contributed by atoms with Crippen LogP contribution in [-0.4, -0.2) is 16.9 Å². The third-order valence-corrected chi connectivity index (χ3v) is 4.08. The van der Waals surface area contributed by atoms with Gasteiger partial charge in [0.15, 0.2) is 0 Å². The summed E-state index contributed by atoms with van der Waals surface area (Å²) >= 11 is 5.86. The fourth-order valence-electron chi connectivity index (χ4n) is 2.44. The van der Waals surface area contributed by atoms with Gasteiger partial charge in [-0.2, -0.15) is 0 Å². The van der Waals surface area contributed by atoms with Crippen LogP contribution in [0.4, 0.5) is 8.78 Å². The van der Waals surface area contributed by atoms with E-state index < -0.39 is 23.6 Å². The van der Waals surface area contributed by atoms with Gasteiger partial charge in [-0.15, -0.1) is 0 Å². The topological polar surface area (TPSA) is 46.2 Å². The molecule has 2 rings (SSSR count). The SMILES string of the molecule is NC(c1cccc(F)c1Cl)[C@]1(O)CC[C@H](F)CC1. The summed E-state index contributed by atoms with van der Waals surface area (Å²) in [6.07, 6.45) is 0.193. The predicted octanol–water partition coefficient (Wildman–Crippen LogP) is 3.12. The second-order valence-electron chi connectivity index (χ2n) is 4.90. The van der Waals surface area contributed by atoms with Crippen LogP contribution in [0.25, 0.3) is 0 Å². The summed E-state index contributed by atoms with van der Waals surface area (Å²) in [5, 5.41) is 10.4. The van der Waals surface area contributed by atoms with Crippen LogP contribution in [0.1, 0.15) is 37.3 Å². The molecule has 2 nitrogen and oxygen atoms in total. The minimum atomic E-state index is -1.21. The van der Waals surface area contributed by atoms with Crippen LogP contribution in [0.3, 0.4) is 0 Å². The molecular formula is C13H16ClF2NO. The number of alkyl halides is 1. The molecule has 0 heterocycles. The van der Waals surface area contributed by atoms with Gasteiger partial charge in [0.05, 0.1) is 16.7 Å². The maximum absolute atomic E-state index is 13.4. The molecule has 1 saturated carbocycles. The Kier molecular flexibility index (Phi) is 3.90. The van der Waals surface area contributed by atoms with Crippen molar-refractivity contribution in [3.05, 3.63) is 34.6 Å². The molecule has 5 heteroatoms. The highest BCUT2D eigenvalue weighted by Gasteiger charge is 2.40. The van der Waals surface area contributed by atoms with Crippen LogP contribution in [0.15, 0.2) is 18.2 Å². The van der Waals surface area contributed by atoms with E-state index >= 15 is 0 Å². The van der Waals surface area contributed by atoms with E-state index in [1.807, 2.05) is 0 Å². The van der Waals surface area contributed by atoms with Crippen molar-refractivity contribution in [3.8, 4) is 0 Å². The molecule has 1 aliphatic carbocycles. The summed E-state index contributed by atoms with van der Waals surface area (Å²) in [4.78, 5) is 0. The van der Waals surface area contributed by atoms with Crippen molar-refractivity contribution in [1.82, 2.24) is 0 Å². The van der Waals surface area contributed by atoms with Crippen molar-refractivity contribution >= 4 is 11.6 Å². The summed E-state index contributed by atoms with van der Waals surface area (Å²) in [6, 6.07) is 3.53. The first-order valence-electron chi connectivity index (χ1n) is 6.00. The average molecular weight is 276 g/mol. The highest BCUT2D eigenvalue weighted by molar-refractivity contribution is 6.31. The first kappa shape index (κ1) is 13.7. The molecule has 0 amide bonds. The zero-order valence-electron chi connectivity index (χ0n) is 9.87. The van der Waals surface area contributed by atoms with E-state index in [9.17, 15) is 13.9 Å². The van der Waals surface area contributed by atoms with Gasteiger partial charge in [0.2, 0.25) is 0 Å². The molecule has 0 bridgehead atoms. The van der Waals surface area contributed by atoms with Crippen molar-refractivity contribution in [2.75, 3.05) is 0 Å². The molecular weight excluding hydrogens is 260 g/mol. The van der Waals surface area contributed by atoms with Crippen LogP contribution >= 0.6 is 11.6 Å². The summed E-state index contributed by atoms with van der Waals surface area (Å²) < 4.78 is 26.5. The predicted molar refractivity (Wildman–Crippen MR) is 66.7 cm³/mol. The van der Waals surface area contributed by atoms with Gasteiger partial charge in [-0.3, -0.25) is 0 Å². The summed E-state index contributed by atoms with van der Waals surface area (Å²) in [5.41, 5.74) is 5.16. The number of hydrogen-bond acceptors (Lipinski definition) is 2. The average Bonchev–Trinajstić information content (AvgIpc) is 2.36. The number of halogens is 3. The number of nitrogens with two attached hydrogens (primary N) is 1. The molecule has 1 aromatic carbocycles. The Balaban J connectivity index is 2.25. The smallest absolute Gasteiger partial charge is 0.142 e. The Labute approximate surface area is 110 Å². The van der Waals surface area contributed by atoms with Crippen molar-refractivity contribution in [3.63, 3.8) is 0 Å². The monoisotopic (exact) mass is 275 g/mol. The molecule has 0 spiro atoms. The Morgan fingerprint density at radius 2 is 2.00 bits per heavy atom. The van der Waals surface area contributed by atoms with Crippen LogP contribution in [0.5, 0.6) is 0 Å². The summed E-state index contributed by atoms with van der Waals surface area (Å²) in [7, 11) is 0. The van der Waals surface area contributed by atoms with Crippen LogP contribution in [0, 0.1) is 5.82 Å². The van der Waals surface area contributed by atoms with Crippen LogP contribution < -0.4 is 5.73 Å². The highest BCUT2D eigenvalue weighted by atomic mass is 35.5. The fourth-order valence-corrected chi connectivity index (χ4v) is 2.69. The van der Waals surface area contributed by atoms with Crippen molar-refractivity contribution in [2.24, 2.45) is 5.73 Å². The molecule has 1 fully saturated rings. The molecule has 1 aliphatic rings. The van der Waals surface area contributed by atoms with Gasteiger partial charge in [-0.05, 0) is 37.3 Å². The molecule has 0 aromatic heterocycles. The molecule has 1 atom stereocenters. The first-order valence-corrected chi connectivity index (χ1v) is 6.38. The van der Waals surface area contributed by atoms with E-state index in [2.05, 4.69) is 0 Å². The molecule has 1 aromatic rings.